The number of fused-ring (bicyclic) bond motifs is 2. The van der Waals surface area contributed by atoms with Gasteiger partial charge in [-0.05, 0) is 34.8 Å². The largest absolute Gasteiger partial charge is 0.481 e. The Morgan fingerprint density at radius 2 is 2.00 bits per heavy atom. The number of aliphatic carboxylic acids is 1. The van der Waals surface area contributed by atoms with Gasteiger partial charge in [0.25, 0.3) is 0 Å². The number of hydrogen-bond donors (Lipinski definition) is 2. The third kappa shape index (κ3) is 2.37. The maximum atomic E-state index is 11.8. The second-order valence-electron chi connectivity index (χ2n) is 7.24. The van der Waals surface area contributed by atoms with Crippen molar-refractivity contribution in [1.29, 1.82) is 0 Å². The molecule has 2 atom stereocenters. The van der Waals surface area contributed by atoms with E-state index in [0.29, 0.717) is 6.54 Å². The number of nitrogens with one attached hydrogen (secondary N) is 1. The molecule has 2 aromatic carbocycles. The molecule has 1 aliphatic heterocycles. The Morgan fingerprint density at radius 3 is 2.81 bits per heavy atom. The van der Waals surface area contributed by atoms with Gasteiger partial charge in [0.15, 0.2) is 0 Å². The Hall–Kier alpha value is -2.85. The predicted molar refractivity (Wildman–Crippen MR) is 102 cm³/mol. The van der Waals surface area contributed by atoms with E-state index in [-0.39, 0.29) is 6.04 Å². The maximum absolute atomic E-state index is 11.8. The normalized spacial score (nSPS) is 22.1. The highest BCUT2D eigenvalue weighted by molar-refractivity contribution is 5.99. The zero-order chi connectivity index (χ0) is 17.7. The van der Waals surface area contributed by atoms with Gasteiger partial charge in [-0.1, -0.05) is 48.5 Å². The van der Waals surface area contributed by atoms with Crippen molar-refractivity contribution >= 4 is 22.4 Å². The van der Waals surface area contributed by atoms with Crippen molar-refractivity contribution in [3.63, 3.8) is 0 Å². The van der Waals surface area contributed by atoms with E-state index in [1.54, 1.807) is 0 Å². The quantitative estimate of drug-likeness (QED) is 0.762. The number of carboxylic acids is 1. The molecular weight excluding hydrogens is 324 g/mol. The molecule has 0 amide bonds. The van der Waals surface area contributed by atoms with Gasteiger partial charge >= 0.3 is 5.97 Å². The number of rotatable bonds is 3. The number of carbonyl (C=O) groups is 1. The van der Waals surface area contributed by atoms with E-state index in [1.807, 2.05) is 30.3 Å². The minimum absolute atomic E-state index is 0.222. The van der Waals surface area contributed by atoms with E-state index >= 15 is 0 Å². The summed E-state index contributed by atoms with van der Waals surface area (Å²) in [5.41, 5.74) is 6.01. The first-order chi connectivity index (χ1) is 12.7. The van der Waals surface area contributed by atoms with Crippen LogP contribution in [0, 0.1) is 5.92 Å². The SMILES string of the molecule is O=C(O)C1C=C2c3cccc4[nH]cc(c34)C[C@H]2N(Cc2ccccc2)C1. The summed E-state index contributed by atoms with van der Waals surface area (Å²) in [5.74, 6) is -1.22. The molecule has 1 aliphatic carbocycles. The van der Waals surface area contributed by atoms with Crippen LogP contribution in [0.4, 0.5) is 0 Å². The molecule has 0 bridgehead atoms. The van der Waals surface area contributed by atoms with Gasteiger partial charge in [-0.25, -0.2) is 0 Å². The Morgan fingerprint density at radius 1 is 1.15 bits per heavy atom. The summed E-state index contributed by atoms with van der Waals surface area (Å²) in [6.45, 7) is 1.32. The summed E-state index contributed by atoms with van der Waals surface area (Å²) < 4.78 is 0. The van der Waals surface area contributed by atoms with Crippen LogP contribution in [0.25, 0.3) is 16.5 Å². The zero-order valence-corrected chi connectivity index (χ0v) is 14.4. The monoisotopic (exact) mass is 344 g/mol. The highest BCUT2D eigenvalue weighted by Crippen LogP contribution is 2.41. The molecule has 0 saturated carbocycles. The van der Waals surface area contributed by atoms with E-state index in [4.69, 9.17) is 0 Å². The van der Waals surface area contributed by atoms with Gasteiger partial charge in [0, 0.05) is 36.2 Å². The Bertz CT molecular complexity index is 1020. The molecule has 0 saturated heterocycles. The molecule has 2 N–H and O–H groups in total. The van der Waals surface area contributed by atoms with Crippen molar-refractivity contribution in [2.45, 2.75) is 19.0 Å². The van der Waals surface area contributed by atoms with E-state index in [2.05, 4.69) is 40.3 Å². The summed E-state index contributed by atoms with van der Waals surface area (Å²) in [6, 6.07) is 16.8. The standard InChI is InChI=1S/C22H20N2O2/c25-22(26)16-9-18-17-7-4-8-19-21(17)15(11-23-19)10-20(18)24(13-16)12-14-5-2-1-3-6-14/h1-9,11,16,20,23H,10,12-13H2,(H,25,26)/t16?,20-/m1/s1. The smallest absolute Gasteiger partial charge is 0.311 e. The average Bonchev–Trinajstić information content (AvgIpc) is 3.07. The van der Waals surface area contributed by atoms with Crippen LogP contribution in [0.2, 0.25) is 0 Å². The lowest BCUT2D eigenvalue weighted by Crippen LogP contribution is -2.46. The van der Waals surface area contributed by atoms with Crippen LogP contribution in [-0.2, 0) is 17.8 Å². The molecule has 0 fully saturated rings. The molecule has 5 rings (SSSR count). The van der Waals surface area contributed by atoms with E-state index in [1.165, 1.54) is 22.1 Å². The Labute approximate surface area is 151 Å². The Balaban J connectivity index is 1.61. The topological polar surface area (TPSA) is 56.3 Å². The van der Waals surface area contributed by atoms with E-state index < -0.39 is 11.9 Å². The van der Waals surface area contributed by atoms with Crippen LogP contribution in [-0.4, -0.2) is 33.5 Å². The van der Waals surface area contributed by atoms with Crippen LogP contribution < -0.4 is 0 Å². The first kappa shape index (κ1) is 15.4. The third-order valence-corrected chi connectivity index (χ3v) is 5.67. The summed E-state index contributed by atoms with van der Waals surface area (Å²) in [6.07, 6.45) is 5.01. The van der Waals surface area contributed by atoms with Gasteiger partial charge in [0.1, 0.15) is 0 Å². The van der Waals surface area contributed by atoms with Gasteiger partial charge in [0.05, 0.1) is 5.92 Å². The fourth-order valence-electron chi connectivity index (χ4n) is 4.47. The molecule has 0 spiro atoms. The molecule has 2 heterocycles. The number of benzene rings is 2. The van der Waals surface area contributed by atoms with Crippen molar-refractivity contribution in [3.05, 3.63) is 77.5 Å². The van der Waals surface area contributed by atoms with E-state index in [9.17, 15) is 9.90 Å². The van der Waals surface area contributed by atoms with Crippen molar-refractivity contribution in [2.24, 2.45) is 5.92 Å². The first-order valence-electron chi connectivity index (χ1n) is 9.02. The molecule has 1 unspecified atom stereocenters. The summed E-state index contributed by atoms with van der Waals surface area (Å²) >= 11 is 0. The third-order valence-electron chi connectivity index (χ3n) is 5.67. The number of aromatic nitrogens is 1. The van der Waals surface area contributed by atoms with Crippen molar-refractivity contribution in [2.75, 3.05) is 6.54 Å². The fraction of sp³-hybridized carbons (Fsp3) is 0.227. The lowest BCUT2D eigenvalue weighted by Gasteiger charge is -2.41. The molecule has 4 nitrogen and oxygen atoms in total. The summed E-state index contributed by atoms with van der Waals surface area (Å²) in [7, 11) is 0. The molecule has 26 heavy (non-hydrogen) atoms. The minimum Gasteiger partial charge on any atom is -0.481 e. The highest BCUT2D eigenvalue weighted by Gasteiger charge is 2.37. The molecular formula is C22H20N2O2. The fourth-order valence-corrected chi connectivity index (χ4v) is 4.47. The molecule has 0 radical (unpaired) electrons. The number of H-pyrrole nitrogens is 1. The average molecular weight is 344 g/mol. The van der Waals surface area contributed by atoms with Gasteiger partial charge in [-0.2, -0.15) is 0 Å². The van der Waals surface area contributed by atoms with Crippen molar-refractivity contribution in [3.8, 4) is 0 Å². The molecule has 130 valence electrons. The maximum Gasteiger partial charge on any atom is 0.311 e. The highest BCUT2D eigenvalue weighted by atomic mass is 16.4. The second-order valence-corrected chi connectivity index (χ2v) is 7.24. The Kier molecular flexibility index (Phi) is 3.47. The van der Waals surface area contributed by atoms with Crippen LogP contribution >= 0.6 is 0 Å². The van der Waals surface area contributed by atoms with Gasteiger partial charge < -0.3 is 10.1 Å². The summed E-state index contributed by atoms with van der Waals surface area (Å²) in [4.78, 5) is 17.5. The zero-order valence-electron chi connectivity index (χ0n) is 14.4. The van der Waals surface area contributed by atoms with Gasteiger partial charge in [-0.15, -0.1) is 0 Å². The number of aromatic amines is 1. The van der Waals surface area contributed by atoms with Crippen LogP contribution in [0.15, 0.2) is 60.8 Å². The predicted octanol–water partition coefficient (Wildman–Crippen LogP) is 3.69. The van der Waals surface area contributed by atoms with Gasteiger partial charge in [0.2, 0.25) is 0 Å². The number of carboxylic acid groups (broad SMARTS) is 1. The second kappa shape index (κ2) is 5.85. The van der Waals surface area contributed by atoms with Crippen LogP contribution in [0.3, 0.4) is 0 Å². The van der Waals surface area contributed by atoms with Crippen molar-refractivity contribution < 1.29 is 9.90 Å². The molecule has 2 aliphatic rings. The molecule has 1 aromatic heterocycles. The van der Waals surface area contributed by atoms with Crippen LogP contribution in [0.5, 0.6) is 0 Å². The molecule has 3 aromatic rings. The first-order valence-corrected chi connectivity index (χ1v) is 9.02. The van der Waals surface area contributed by atoms with Crippen molar-refractivity contribution in [1.82, 2.24) is 9.88 Å². The van der Waals surface area contributed by atoms with Gasteiger partial charge in [-0.3, -0.25) is 9.69 Å². The minimum atomic E-state index is -0.749. The molecule has 4 heteroatoms. The van der Waals surface area contributed by atoms with E-state index in [0.717, 1.165) is 24.1 Å². The lowest BCUT2D eigenvalue weighted by atomic mass is 9.79. The summed E-state index contributed by atoms with van der Waals surface area (Å²) in [5, 5.41) is 10.9. The number of nitrogens with zero attached hydrogens (tertiary/aromatic N) is 1. The lowest BCUT2D eigenvalue weighted by molar-refractivity contribution is -0.141. The number of hydrogen-bond acceptors (Lipinski definition) is 2. The van der Waals surface area contributed by atoms with Crippen LogP contribution in [0.1, 0.15) is 16.7 Å².